The molecule has 0 aliphatic carbocycles. The van der Waals surface area contributed by atoms with E-state index in [1.54, 1.807) is 0 Å². The highest BCUT2D eigenvalue weighted by Crippen LogP contribution is 2.45. The third-order valence-corrected chi connectivity index (χ3v) is 24.2. The van der Waals surface area contributed by atoms with Gasteiger partial charge in [0.1, 0.15) is 19.3 Å². The molecule has 0 aromatic rings. The Kier molecular flexibility index (Phi) is 85.0. The molecule has 0 radical (unpaired) electrons. The van der Waals surface area contributed by atoms with E-state index in [1.807, 2.05) is 0 Å². The molecule has 19 heteroatoms. The molecule has 0 aromatic heterocycles. The number of carbonyl (C=O) groups excluding carboxylic acids is 4. The van der Waals surface area contributed by atoms with Crippen LogP contribution in [0.3, 0.4) is 0 Å². The molecule has 0 aliphatic heterocycles. The van der Waals surface area contributed by atoms with E-state index in [4.69, 9.17) is 37.0 Å². The first-order chi connectivity index (χ1) is 55.0. The summed E-state index contributed by atoms with van der Waals surface area (Å²) >= 11 is 0. The van der Waals surface area contributed by atoms with Gasteiger partial charge in [-0.15, -0.1) is 0 Å². The topological polar surface area (TPSA) is 237 Å². The van der Waals surface area contributed by atoms with Gasteiger partial charge in [-0.05, 0) is 31.6 Å². The summed E-state index contributed by atoms with van der Waals surface area (Å²) in [4.78, 5) is 73.5. The highest BCUT2D eigenvalue weighted by Gasteiger charge is 2.31. The maximum absolute atomic E-state index is 13.2. The molecule has 17 nitrogen and oxygen atoms in total. The Hall–Kier alpha value is -1.94. The van der Waals surface area contributed by atoms with Gasteiger partial charge in [0.2, 0.25) is 0 Å². The largest absolute Gasteiger partial charge is 0.472 e. The fourth-order valence-corrected chi connectivity index (χ4v) is 16.5. The first-order valence-corrected chi connectivity index (χ1v) is 51.6. The molecule has 113 heavy (non-hydrogen) atoms. The fraction of sp³-hybridized carbons (Fsp3) is 0.957. The molecule has 0 rings (SSSR count). The molecular weight excluding hydrogens is 1460 g/mol. The summed E-state index contributed by atoms with van der Waals surface area (Å²) in [5.74, 6) is -1.37. The number of phosphoric ester groups is 2. The SMILES string of the molecule is CCCCCCCCCCCCCCCCCCCCCCCCC(=O)OC[C@H](COP(=O)(O)OC[C@@H](O)COP(=O)(O)OC[C@@H](COC(=O)CCCCCCCCCCC(C)C)OC(=O)CCCCCCCCCCCCCCCCCCCC)OC(=O)CCCCCCCCCCCCCCCCCCCCCCCC. The molecule has 0 aromatic carbocycles. The van der Waals surface area contributed by atoms with Gasteiger partial charge in [0, 0.05) is 25.7 Å². The molecule has 0 saturated carbocycles. The molecule has 0 bridgehead atoms. The lowest BCUT2D eigenvalue weighted by atomic mass is 10.0. The standard InChI is InChI=1S/C94H184O17P2/c1-6-9-12-15-18-21-24-27-30-33-36-38-40-42-45-47-50-53-56-62-67-72-77-91(96)104-83-89(110-93(98)79-75-70-65-58-55-52-49-46-43-41-39-37-34-31-28-25-22-19-16-13-10-7-2)85-108-112(100,101)106-81-88(95)82-107-113(102,103)109-86-90(84-105-92(97)78-73-68-63-60-59-61-66-71-76-87(4)5)111-94(99)80-74-69-64-57-54-51-48-44-35-32-29-26-23-20-17-14-11-8-3/h87-90,95H,6-86H2,1-5H3,(H,100,101)(H,102,103)/t88-,89-,90-/m1/s1. The molecule has 3 N–H and O–H groups in total. The Balaban J connectivity index is 5.22. The zero-order valence-electron chi connectivity index (χ0n) is 74.5. The zero-order valence-corrected chi connectivity index (χ0v) is 76.3. The molecule has 0 heterocycles. The Morgan fingerprint density at radius 1 is 0.239 bits per heavy atom. The predicted octanol–water partition coefficient (Wildman–Crippen LogP) is 29.5. The average molecular weight is 1650 g/mol. The third-order valence-electron chi connectivity index (χ3n) is 22.3. The molecule has 0 fully saturated rings. The highest BCUT2D eigenvalue weighted by atomic mass is 31.2. The Bertz CT molecular complexity index is 2140. The Morgan fingerprint density at radius 3 is 0.602 bits per heavy atom. The number of carbonyl (C=O) groups is 4. The molecule has 0 amide bonds. The van der Waals surface area contributed by atoms with Gasteiger partial charge in [-0.25, -0.2) is 9.13 Å². The van der Waals surface area contributed by atoms with Gasteiger partial charge < -0.3 is 33.8 Å². The molecule has 2 unspecified atom stereocenters. The fourth-order valence-electron chi connectivity index (χ4n) is 14.9. The van der Waals surface area contributed by atoms with E-state index in [1.165, 1.54) is 340 Å². The number of aliphatic hydroxyl groups is 1. The Labute approximate surface area is 696 Å². The van der Waals surface area contributed by atoms with E-state index in [-0.39, 0.29) is 25.7 Å². The van der Waals surface area contributed by atoms with Crippen LogP contribution in [0.5, 0.6) is 0 Å². The normalized spacial score (nSPS) is 13.6. The highest BCUT2D eigenvalue weighted by molar-refractivity contribution is 7.47. The van der Waals surface area contributed by atoms with Crippen LogP contribution < -0.4 is 0 Å². The second kappa shape index (κ2) is 86.4. The van der Waals surface area contributed by atoms with Crippen LogP contribution in [0.2, 0.25) is 0 Å². The maximum Gasteiger partial charge on any atom is 0.472 e. The van der Waals surface area contributed by atoms with Gasteiger partial charge in [0.25, 0.3) is 0 Å². The summed E-state index contributed by atoms with van der Waals surface area (Å²) in [6, 6.07) is 0. The molecule has 0 aliphatic rings. The lowest BCUT2D eigenvalue weighted by molar-refractivity contribution is -0.161. The summed E-state index contributed by atoms with van der Waals surface area (Å²) in [6.07, 6.45) is 83.7. The molecule has 0 saturated heterocycles. The molecule has 672 valence electrons. The summed E-state index contributed by atoms with van der Waals surface area (Å²) in [5.41, 5.74) is 0. The summed E-state index contributed by atoms with van der Waals surface area (Å²) in [6.45, 7) is 7.37. The first kappa shape index (κ1) is 111. The molecular formula is C94H184O17P2. The van der Waals surface area contributed by atoms with Gasteiger partial charge in [-0.2, -0.15) is 0 Å². The van der Waals surface area contributed by atoms with Crippen molar-refractivity contribution in [2.24, 2.45) is 5.92 Å². The van der Waals surface area contributed by atoms with Gasteiger partial charge >= 0.3 is 39.5 Å². The van der Waals surface area contributed by atoms with Gasteiger partial charge in [0.05, 0.1) is 26.4 Å². The van der Waals surface area contributed by atoms with E-state index in [9.17, 15) is 43.2 Å². The Morgan fingerprint density at radius 2 is 0.407 bits per heavy atom. The lowest BCUT2D eigenvalue weighted by Crippen LogP contribution is -2.30. The van der Waals surface area contributed by atoms with Gasteiger partial charge in [-0.1, -0.05) is 465 Å². The van der Waals surface area contributed by atoms with Crippen LogP contribution in [-0.2, 0) is 65.4 Å². The van der Waals surface area contributed by atoms with Crippen molar-refractivity contribution in [3.63, 3.8) is 0 Å². The van der Waals surface area contributed by atoms with E-state index in [0.29, 0.717) is 25.7 Å². The van der Waals surface area contributed by atoms with E-state index in [0.717, 1.165) is 95.8 Å². The predicted molar refractivity (Wildman–Crippen MR) is 469 cm³/mol. The van der Waals surface area contributed by atoms with Crippen molar-refractivity contribution in [3.8, 4) is 0 Å². The minimum absolute atomic E-state index is 0.109. The summed E-state index contributed by atoms with van der Waals surface area (Å²) in [5, 5.41) is 10.7. The molecule has 0 spiro atoms. The first-order valence-electron chi connectivity index (χ1n) is 48.6. The number of unbranched alkanes of at least 4 members (excludes halogenated alkanes) is 66. The van der Waals surface area contributed by atoms with E-state index < -0.39 is 97.5 Å². The van der Waals surface area contributed by atoms with E-state index in [2.05, 4.69) is 34.6 Å². The number of aliphatic hydroxyl groups excluding tert-OH is 1. The number of phosphoric acid groups is 2. The zero-order chi connectivity index (χ0) is 82.6. The maximum atomic E-state index is 13.2. The van der Waals surface area contributed by atoms with Crippen molar-refractivity contribution < 1.29 is 80.2 Å². The second-order valence-electron chi connectivity index (χ2n) is 34.2. The minimum Gasteiger partial charge on any atom is -0.462 e. The van der Waals surface area contributed by atoms with Crippen LogP contribution in [0.1, 0.15) is 516 Å². The number of hydrogen-bond acceptors (Lipinski definition) is 15. The van der Waals surface area contributed by atoms with Crippen molar-refractivity contribution >= 4 is 39.5 Å². The third kappa shape index (κ3) is 87.7. The second-order valence-corrected chi connectivity index (χ2v) is 37.1. The number of ether oxygens (including phenoxy) is 4. The van der Waals surface area contributed by atoms with Crippen molar-refractivity contribution in [2.75, 3.05) is 39.6 Å². The average Bonchev–Trinajstić information content (AvgIpc) is 0.899. The van der Waals surface area contributed by atoms with Gasteiger partial charge in [-0.3, -0.25) is 37.3 Å². The van der Waals surface area contributed by atoms with Crippen LogP contribution in [-0.4, -0.2) is 96.7 Å². The molecule has 5 atom stereocenters. The quantitative estimate of drug-likeness (QED) is 0.0222. The van der Waals surface area contributed by atoms with Gasteiger partial charge in [0.15, 0.2) is 12.2 Å². The summed E-state index contributed by atoms with van der Waals surface area (Å²) in [7, 11) is -9.94. The smallest absolute Gasteiger partial charge is 0.462 e. The van der Waals surface area contributed by atoms with Crippen LogP contribution >= 0.6 is 15.6 Å². The van der Waals surface area contributed by atoms with Crippen molar-refractivity contribution in [2.45, 2.75) is 534 Å². The van der Waals surface area contributed by atoms with E-state index >= 15 is 0 Å². The van der Waals surface area contributed by atoms with Crippen LogP contribution in [0, 0.1) is 5.92 Å². The minimum atomic E-state index is -4.97. The monoisotopic (exact) mass is 1650 g/mol. The summed E-state index contributed by atoms with van der Waals surface area (Å²) < 4.78 is 69.1. The number of hydrogen-bond donors (Lipinski definition) is 3. The van der Waals surface area contributed by atoms with Crippen LogP contribution in [0.25, 0.3) is 0 Å². The lowest BCUT2D eigenvalue weighted by Gasteiger charge is -2.21. The van der Waals surface area contributed by atoms with Crippen LogP contribution in [0.15, 0.2) is 0 Å². The van der Waals surface area contributed by atoms with Crippen molar-refractivity contribution in [1.82, 2.24) is 0 Å². The van der Waals surface area contributed by atoms with Crippen LogP contribution in [0.4, 0.5) is 0 Å². The number of rotatable bonds is 94. The van der Waals surface area contributed by atoms with Crippen molar-refractivity contribution in [3.05, 3.63) is 0 Å². The van der Waals surface area contributed by atoms with Crippen molar-refractivity contribution in [1.29, 1.82) is 0 Å². The number of esters is 4.